The summed E-state index contributed by atoms with van der Waals surface area (Å²) in [5.74, 6) is -2.76. The van der Waals surface area contributed by atoms with Crippen molar-refractivity contribution in [1.29, 1.82) is 0 Å². The van der Waals surface area contributed by atoms with E-state index in [0.29, 0.717) is 5.69 Å². The smallest absolute Gasteiger partial charge is 0.461 e. The Morgan fingerprint density at radius 3 is 2.42 bits per heavy atom. The molecule has 4 aromatic rings. The molecule has 43 heavy (non-hydrogen) atoms. The van der Waals surface area contributed by atoms with Crippen LogP contribution >= 0.6 is 11.3 Å². The van der Waals surface area contributed by atoms with Crippen molar-refractivity contribution in [2.75, 3.05) is 23.4 Å². The number of hydrogen-bond donors (Lipinski definition) is 1. The molecule has 0 aliphatic carbocycles. The molecule has 14 heteroatoms. The topological polar surface area (TPSA) is 120 Å². The van der Waals surface area contributed by atoms with Crippen molar-refractivity contribution in [3.8, 4) is 11.4 Å². The maximum Gasteiger partial charge on any atom is 0.573 e. The number of aryl methyl sites for hydroxylation is 2. The summed E-state index contributed by atoms with van der Waals surface area (Å²) in [4.78, 5) is 54.1. The fourth-order valence-corrected chi connectivity index (χ4v) is 5.64. The Labute approximate surface area is 246 Å². The largest absolute Gasteiger partial charge is 0.573 e. The number of alkyl halides is 3. The normalized spacial score (nSPS) is 15.2. The monoisotopic (exact) mass is 614 g/mol. The first-order valence-electron chi connectivity index (χ1n) is 13.1. The molecule has 5 rings (SSSR count). The Bertz CT molecular complexity index is 1800. The first kappa shape index (κ1) is 29.8. The summed E-state index contributed by atoms with van der Waals surface area (Å²) in [5.41, 5.74) is 1.85. The Morgan fingerprint density at radius 1 is 1.07 bits per heavy atom. The molecule has 0 bridgehead atoms. The lowest BCUT2D eigenvalue weighted by molar-refractivity contribution is -0.274. The number of thiophene rings is 1. The first-order chi connectivity index (χ1) is 20.4. The van der Waals surface area contributed by atoms with Crippen LogP contribution in [0.15, 0.2) is 52.6 Å². The highest BCUT2D eigenvalue weighted by Crippen LogP contribution is 2.33. The molecule has 224 valence electrons. The zero-order valence-electron chi connectivity index (χ0n) is 23.2. The predicted octanol–water partition coefficient (Wildman–Crippen LogP) is 5.13. The minimum absolute atomic E-state index is 0.0189. The summed E-state index contributed by atoms with van der Waals surface area (Å²) < 4.78 is 47.7. The van der Waals surface area contributed by atoms with Gasteiger partial charge in [-0.05, 0) is 68.3 Å². The zero-order chi connectivity index (χ0) is 31.1. The van der Waals surface area contributed by atoms with Crippen LogP contribution in [0, 0.1) is 19.8 Å². The number of nitrogens with one attached hydrogen (secondary N) is 1. The van der Waals surface area contributed by atoms with E-state index in [1.165, 1.54) is 17.5 Å². The van der Waals surface area contributed by atoms with E-state index in [1.54, 1.807) is 11.8 Å². The van der Waals surface area contributed by atoms with Crippen LogP contribution in [0.3, 0.4) is 0 Å². The number of ether oxygens (including phenoxy) is 2. The fraction of sp³-hybridized carbons (Fsp3) is 0.276. The number of carbonyl (C=O) groups excluding carboxylic acids is 3. The molecule has 2 aromatic carbocycles. The summed E-state index contributed by atoms with van der Waals surface area (Å²) in [6.07, 6.45) is -4.94. The zero-order valence-corrected chi connectivity index (χ0v) is 24.0. The number of aromatic nitrogens is 2. The Balaban J connectivity index is 1.48. The van der Waals surface area contributed by atoms with Gasteiger partial charge in [-0.15, -0.1) is 24.5 Å². The van der Waals surface area contributed by atoms with E-state index >= 15 is 0 Å². The van der Waals surface area contributed by atoms with Crippen LogP contribution < -0.4 is 20.5 Å². The average Bonchev–Trinajstić information content (AvgIpc) is 3.54. The maximum atomic E-state index is 13.6. The van der Waals surface area contributed by atoms with Gasteiger partial charge in [-0.3, -0.25) is 14.4 Å². The second-order valence-corrected chi connectivity index (χ2v) is 10.7. The lowest BCUT2D eigenvalue weighted by atomic mass is 10.1. The van der Waals surface area contributed by atoms with E-state index in [1.807, 2.05) is 32.0 Å². The third-order valence-electron chi connectivity index (χ3n) is 6.97. The Morgan fingerprint density at radius 2 is 1.77 bits per heavy atom. The van der Waals surface area contributed by atoms with Gasteiger partial charge in [-0.1, -0.05) is 6.07 Å². The second-order valence-electron chi connectivity index (χ2n) is 9.84. The van der Waals surface area contributed by atoms with Gasteiger partial charge in [0.15, 0.2) is 5.69 Å². The number of halogens is 3. The van der Waals surface area contributed by atoms with Crippen LogP contribution in [-0.2, 0) is 14.3 Å². The summed E-state index contributed by atoms with van der Waals surface area (Å²) in [6.45, 7) is 5.64. The van der Waals surface area contributed by atoms with E-state index in [4.69, 9.17) is 4.74 Å². The number of rotatable bonds is 7. The lowest BCUT2D eigenvalue weighted by Crippen LogP contribution is -2.29. The highest BCUT2D eigenvalue weighted by molar-refractivity contribution is 7.16. The molecule has 3 heterocycles. The number of fused-ring (bicyclic) bond motifs is 1. The number of hydrogen-bond acceptors (Lipinski definition) is 8. The SMILES string of the molecule is CCOC(=O)c1nn(-c2ccc(OC(F)(F)F)cc2)c(=O)c2c(NC(=O)C3CC(=O)N(c4ccc(C)c(C)c4)C3)scc12. The number of anilines is 2. The van der Waals surface area contributed by atoms with Crippen LogP contribution in [0.4, 0.5) is 23.9 Å². The van der Waals surface area contributed by atoms with Crippen molar-refractivity contribution in [3.63, 3.8) is 0 Å². The van der Waals surface area contributed by atoms with Gasteiger partial charge in [0.05, 0.1) is 23.6 Å². The van der Waals surface area contributed by atoms with Crippen LogP contribution in [0.25, 0.3) is 16.5 Å². The Kier molecular flexibility index (Phi) is 7.97. The van der Waals surface area contributed by atoms with Gasteiger partial charge >= 0.3 is 12.3 Å². The highest BCUT2D eigenvalue weighted by Gasteiger charge is 2.36. The van der Waals surface area contributed by atoms with Crippen molar-refractivity contribution >= 4 is 50.6 Å². The summed E-state index contributed by atoms with van der Waals surface area (Å²) in [6, 6.07) is 9.95. The molecule has 1 fully saturated rings. The van der Waals surface area contributed by atoms with Crippen LogP contribution in [0.1, 0.15) is 35.0 Å². The number of carbonyl (C=O) groups is 3. The molecule has 1 atom stereocenters. The molecule has 1 saturated heterocycles. The van der Waals surface area contributed by atoms with E-state index in [-0.39, 0.29) is 52.6 Å². The van der Waals surface area contributed by atoms with Crippen molar-refractivity contribution in [2.24, 2.45) is 5.92 Å². The van der Waals surface area contributed by atoms with Gasteiger partial charge in [-0.2, -0.15) is 9.78 Å². The molecule has 1 unspecified atom stereocenters. The van der Waals surface area contributed by atoms with Gasteiger partial charge < -0.3 is 19.7 Å². The molecule has 10 nitrogen and oxygen atoms in total. The fourth-order valence-electron chi connectivity index (χ4n) is 4.70. The van der Waals surface area contributed by atoms with Gasteiger partial charge in [0, 0.05) is 29.4 Å². The lowest BCUT2D eigenvalue weighted by Gasteiger charge is -2.18. The molecule has 2 amide bonds. The van der Waals surface area contributed by atoms with Crippen molar-refractivity contribution in [3.05, 3.63) is 75.0 Å². The molecule has 1 N–H and O–H groups in total. The molecular formula is C29H25F3N4O6S. The molecule has 2 aromatic heterocycles. The van der Waals surface area contributed by atoms with Gasteiger partial charge in [0.1, 0.15) is 10.8 Å². The molecule has 0 radical (unpaired) electrons. The average molecular weight is 615 g/mol. The second kappa shape index (κ2) is 11.5. The third kappa shape index (κ3) is 6.09. The molecule has 0 saturated carbocycles. The summed E-state index contributed by atoms with van der Waals surface area (Å²) in [5, 5.41) is 8.58. The first-order valence-corrected chi connectivity index (χ1v) is 14.0. The van der Waals surface area contributed by atoms with Crippen LogP contribution in [0.5, 0.6) is 5.75 Å². The maximum absolute atomic E-state index is 13.6. The third-order valence-corrected chi connectivity index (χ3v) is 7.87. The van der Waals surface area contributed by atoms with Gasteiger partial charge in [0.25, 0.3) is 5.56 Å². The predicted molar refractivity (Wildman–Crippen MR) is 153 cm³/mol. The number of esters is 1. The van der Waals surface area contributed by atoms with Crippen molar-refractivity contribution < 1.29 is 37.0 Å². The number of benzene rings is 2. The standard InChI is InChI=1S/C29H25F3N4O6S/c1-4-41-28(40)24-21-14-43-26(23(21)27(39)36(34-24)18-7-9-20(10-8-18)42-29(30,31)32)33-25(38)17-12-22(37)35(13-17)19-6-5-15(2)16(3)11-19/h5-11,14,17H,4,12-13H2,1-3H3,(H,33,38). The van der Waals surface area contributed by atoms with E-state index in [2.05, 4.69) is 15.2 Å². The van der Waals surface area contributed by atoms with Crippen molar-refractivity contribution in [2.45, 2.75) is 33.6 Å². The van der Waals surface area contributed by atoms with Crippen molar-refractivity contribution in [1.82, 2.24) is 9.78 Å². The Hall–Kier alpha value is -4.72. The minimum Gasteiger partial charge on any atom is -0.461 e. The van der Waals surface area contributed by atoms with Crippen LogP contribution in [-0.4, -0.2) is 47.1 Å². The van der Waals surface area contributed by atoms with Gasteiger partial charge in [-0.25, -0.2) is 4.79 Å². The van der Waals surface area contributed by atoms with E-state index < -0.39 is 35.5 Å². The summed E-state index contributed by atoms with van der Waals surface area (Å²) in [7, 11) is 0. The van der Waals surface area contributed by atoms with Gasteiger partial charge in [0.2, 0.25) is 11.8 Å². The molecule has 0 spiro atoms. The molecule has 1 aliphatic heterocycles. The van der Waals surface area contributed by atoms with E-state index in [0.717, 1.165) is 39.3 Å². The quantitative estimate of drug-likeness (QED) is 0.287. The molecular weight excluding hydrogens is 589 g/mol. The summed E-state index contributed by atoms with van der Waals surface area (Å²) >= 11 is 0.991. The minimum atomic E-state index is -4.91. The number of nitrogens with zero attached hydrogens (tertiary/aromatic N) is 3. The molecule has 1 aliphatic rings. The number of amides is 2. The van der Waals surface area contributed by atoms with E-state index in [9.17, 15) is 32.3 Å². The van der Waals surface area contributed by atoms with Crippen LogP contribution in [0.2, 0.25) is 0 Å². The highest BCUT2D eigenvalue weighted by atomic mass is 32.1.